The smallest absolute Gasteiger partial charge is 0.460 e. The molecule has 0 aliphatic heterocycles. The van der Waals surface area contributed by atoms with Crippen LogP contribution in [0.5, 0.6) is 11.6 Å². The summed E-state index contributed by atoms with van der Waals surface area (Å²) in [5.74, 6) is 0.711. The molecule has 0 amide bonds. The molecule has 5 aromatic carbocycles. The summed E-state index contributed by atoms with van der Waals surface area (Å²) in [5.41, 5.74) is 5.11. The number of halogens is 3. The second-order valence-electron chi connectivity index (χ2n) is 11.3. The molecule has 0 N–H and O–H groups in total. The first-order valence-electron chi connectivity index (χ1n) is 15.2. The Morgan fingerprint density at radius 1 is 0.571 bits per heavy atom. The zero-order valence-electron chi connectivity index (χ0n) is 25.6. The molecule has 0 saturated heterocycles. The van der Waals surface area contributed by atoms with Crippen molar-refractivity contribution in [3.05, 3.63) is 164 Å². The standard InChI is InChI=1S/C41H24F3N3O.Pt/c42-41(43,44)33-21-32(22-34(26-33)48-40-25-31(18-20-46-40)28-11-5-2-6-12-28)29-15-16-36-35-13-7-8-14-37(35)47(38(36)23-29)39-24-30(17-19-45-39)27-9-3-1-4-10-27;/h1-21,24-26H;/q-2;+2. The first kappa shape index (κ1) is 32.0. The Morgan fingerprint density at radius 3 is 1.94 bits per heavy atom. The number of rotatable bonds is 6. The van der Waals surface area contributed by atoms with E-state index in [1.807, 2.05) is 114 Å². The Morgan fingerprint density at radius 2 is 1.22 bits per heavy atom. The first-order valence-corrected chi connectivity index (χ1v) is 15.2. The molecule has 0 spiro atoms. The molecular weight excluding hydrogens is 803 g/mol. The van der Waals surface area contributed by atoms with Crippen LogP contribution in [0.25, 0.3) is 61.0 Å². The Bertz CT molecular complexity index is 2430. The molecule has 0 aliphatic rings. The molecule has 0 unspecified atom stereocenters. The minimum atomic E-state index is -4.62. The van der Waals surface area contributed by atoms with Gasteiger partial charge >= 0.3 is 27.2 Å². The first-order chi connectivity index (χ1) is 23.4. The number of fused-ring (bicyclic) bond motifs is 3. The van der Waals surface area contributed by atoms with Gasteiger partial charge in [0, 0.05) is 29.7 Å². The molecule has 240 valence electrons. The second kappa shape index (κ2) is 13.2. The normalized spacial score (nSPS) is 11.4. The number of nitrogens with zero attached hydrogens (tertiary/aromatic N) is 3. The fraction of sp³-hybridized carbons (Fsp3) is 0.0244. The molecule has 8 aromatic rings. The van der Waals surface area contributed by atoms with Gasteiger partial charge in [-0.05, 0) is 63.0 Å². The van der Waals surface area contributed by atoms with Gasteiger partial charge in [-0.3, -0.25) is 0 Å². The van der Waals surface area contributed by atoms with Gasteiger partial charge in [0.15, 0.2) is 0 Å². The maximum Gasteiger partial charge on any atom is 2.00 e. The maximum absolute atomic E-state index is 14.2. The zero-order valence-corrected chi connectivity index (χ0v) is 27.8. The van der Waals surface area contributed by atoms with E-state index in [-0.39, 0.29) is 38.3 Å². The topological polar surface area (TPSA) is 39.9 Å². The van der Waals surface area contributed by atoms with E-state index in [1.54, 1.807) is 24.5 Å². The van der Waals surface area contributed by atoms with Crippen molar-refractivity contribution in [3.8, 4) is 50.8 Å². The van der Waals surface area contributed by atoms with E-state index >= 15 is 0 Å². The zero-order chi connectivity index (χ0) is 32.7. The van der Waals surface area contributed by atoms with E-state index < -0.39 is 11.7 Å². The van der Waals surface area contributed by atoms with Crippen molar-refractivity contribution in [3.63, 3.8) is 0 Å². The number of para-hydroxylation sites is 1. The summed E-state index contributed by atoms with van der Waals surface area (Å²) < 4.78 is 50.6. The SMILES string of the molecule is FC(F)(F)c1cc(Oc2cc(-c3ccccc3)ccn2)[c-]c(-c2[c-]c3c(cc2)c2ccccc2n3-c2cc(-c3ccccc3)ccn2)c1.[Pt+2]. The number of aromatic nitrogens is 3. The van der Waals surface area contributed by atoms with Crippen molar-refractivity contribution >= 4 is 21.8 Å². The van der Waals surface area contributed by atoms with Crippen LogP contribution in [0, 0.1) is 12.1 Å². The van der Waals surface area contributed by atoms with Crippen LogP contribution < -0.4 is 4.74 Å². The summed E-state index contributed by atoms with van der Waals surface area (Å²) in [5, 5.41) is 1.87. The van der Waals surface area contributed by atoms with Crippen LogP contribution in [-0.4, -0.2) is 14.5 Å². The Balaban J connectivity index is 0.00000378. The number of benzene rings is 5. The molecule has 3 heterocycles. The van der Waals surface area contributed by atoms with Crippen molar-refractivity contribution in [2.24, 2.45) is 0 Å². The number of pyridine rings is 2. The molecule has 49 heavy (non-hydrogen) atoms. The van der Waals surface area contributed by atoms with Crippen LogP contribution >= 0.6 is 0 Å². The van der Waals surface area contributed by atoms with Gasteiger partial charge in [0.25, 0.3) is 0 Å². The van der Waals surface area contributed by atoms with E-state index in [1.165, 1.54) is 0 Å². The predicted molar refractivity (Wildman–Crippen MR) is 182 cm³/mol. The van der Waals surface area contributed by atoms with Crippen LogP contribution in [0.2, 0.25) is 0 Å². The van der Waals surface area contributed by atoms with Gasteiger partial charge in [-0.2, -0.15) is 31.4 Å². The van der Waals surface area contributed by atoms with Crippen LogP contribution in [0.15, 0.2) is 146 Å². The number of alkyl halides is 3. The molecule has 0 saturated carbocycles. The molecule has 0 bridgehead atoms. The third-order valence-corrected chi connectivity index (χ3v) is 8.18. The van der Waals surface area contributed by atoms with Crippen LogP contribution in [0.3, 0.4) is 0 Å². The van der Waals surface area contributed by atoms with E-state index in [4.69, 9.17) is 9.72 Å². The minimum absolute atomic E-state index is 0. The monoisotopic (exact) mass is 826 g/mol. The van der Waals surface area contributed by atoms with Crippen LogP contribution in [-0.2, 0) is 27.2 Å². The summed E-state index contributed by atoms with van der Waals surface area (Å²) in [4.78, 5) is 8.96. The van der Waals surface area contributed by atoms with E-state index in [0.29, 0.717) is 16.9 Å². The average Bonchev–Trinajstić information content (AvgIpc) is 3.46. The van der Waals surface area contributed by atoms with E-state index in [2.05, 4.69) is 17.1 Å². The number of ether oxygens (including phenoxy) is 1. The quantitative estimate of drug-likeness (QED) is 0.157. The molecule has 0 atom stereocenters. The van der Waals surface area contributed by atoms with Crippen molar-refractivity contribution in [1.29, 1.82) is 0 Å². The molecule has 8 heteroatoms. The van der Waals surface area contributed by atoms with Crippen LogP contribution in [0.1, 0.15) is 5.56 Å². The summed E-state index contributed by atoms with van der Waals surface area (Å²) in [6, 6.07) is 47.1. The molecular formula is C41H24F3N3OPt. The van der Waals surface area contributed by atoms with Crippen molar-refractivity contribution < 1.29 is 39.0 Å². The van der Waals surface area contributed by atoms with Gasteiger partial charge < -0.3 is 9.30 Å². The van der Waals surface area contributed by atoms with Gasteiger partial charge in [0.1, 0.15) is 5.82 Å². The third kappa shape index (κ3) is 6.38. The summed E-state index contributed by atoms with van der Waals surface area (Å²) >= 11 is 0. The van der Waals surface area contributed by atoms with E-state index in [0.717, 1.165) is 50.7 Å². The largest absolute Gasteiger partial charge is 2.00 e. The Labute approximate surface area is 294 Å². The molecule has 3 aromatic heterocycles. The van der Waals surface area contributed by atoms with Crippen molar-refractivity contribution in [1.82, 2.24) is 14.5 Å². The average molecular weight is 827 g/mol. The van der Waals surface area contributed by atoms with Gasteiger partial charge in [0.05, 0.1) is 0 Å². The van der Waals surface area contributed by atoms with Crippen LogP contribution in [0.4, 0.5) is 13.2 Å². The summed E-state index contributed by atoms with van der Waals surface area (Å²) in [7, 11) is 0. The molecule has 8 rings (SSSR count). The predicted octanol–water partition coefficient (Wildman–Crippen LogP) is 11.0. The third-order valence-electron chi connectivity index (χ3n) is 8.18. The number of hydrogen-bond donors (Lipinski definition) is 0. The second-order valence-corrected chi connectivity index (χ2v) is 11.3. The van der Waals surface area contributed by atoms with E-state index in [9.17, 15) is 13.2 Å². The minimum Gasteiger partial charge on any atom is -0.460 e. The van der Waals surface area contributed by atoms with Gasteiger partial charge in [-0.1, -0.05) is 90.3 Å². The van der Waals surface area contributed by atoms with Crippen molar-refractivity contribution in [2.45, 2.75) is 6.18 Å². The van der Waals surface area contributed by atoms with Gasteiger partial charge in [-0.15, -0.1) is 12.1 Å². The summed E-state index contributed by atoms with van der Waals surface area (Å²) in [6.07, 6.45) is -1.30. The van der Waals surface area contributed by atoms with Crippen molar-refractivity contribution in [2.75, 3.05) is 0 Å². The molecule has 0 aliphatic carbocycles. The maximum atomic E-state index is 14.2. The number of hydrogen-bond acceptors (Lipinski definition) is 3. The van der Waals surface area contributed by atoms with Gasteiger partial charge in [-0.25, -0.2) is 21.1 Å². The Kier molecular flexibility index (Phi) is 8.62. The molecule has 4 nitrogen and oxygen atoms in total. The van der Waals surface area contributed by atoms with Gasteiger partial charge in [0.2, 0.25) is 5.88 Å². The fourth-order valence-electron chi connectivity index (χ4n) is 5.93. The molecule has 0 fully saturated rings. The molecule has 0 radical (unpaired) electrons. The fourth-order valence-corrected chi connectivity index (χ4v) is 5.93. The Hall–Kier alpha value is -5.52. The summed E-state index contributed by atoms with van der Waals surface area (Å²) in [6.45, 7) is 0.